The second kappa shape index (κ2) is 9.54. The summed E-state index contributed by atoms with van der Waals surface area (Å²) in [4.78, 5) is 0. The lowest BCUT2D eigenvalue weighted by molar-refractivity contribution is 0.763. The number of rotatable bonds is 9. The topological polar surface area (TPSA) is 0 Å². The normalized spacial score (nSPS) is 11.2. The molecule has 0 nitrogen and oxygen atoms in total. The lowest BCUT2D eigenvalue weighted by atomic mass is 10.1. The smallest absolute Gasteiger partial charge is 0.0209 e. The van der Waals surface area contributed by atoms with E-state index in [-0.39, 0.29) is 7.92 Å². The van der Waals surface area contributed by atoms with Gasteiger partial charge in [-0.05, 0) is 55.4 Å². The van der Waals surface area contributed by atoms with Crippen molar-refractivity contribution >= 4 is 13.2 Å². The Kier molecular flexibility index (Phi) is 8.38. The molecule has 1 aromatic carbocycles. The summed E-state index contributed by atoms with van der Waals surface area (Å²) in [6, 6.07) is 6.91. The molecule has 0 aliphatic heterocycles. The second-order valence-electron chi connectivity index (χ2n) is 5.62. The second-order valence-corrected chi connectivity index (χ2v) is 8.08. The number of aryl methyl sites for hydroxylation is 1. The number of unbranched alkanes of at least 4 members (excludes halogenated alkanes) is 4. The van der Waals surface area contributed by atoms with Crippen molar-refractivity contribution in [2.24, 2.45) is 0 Å². The van der Waals surface area contributed by atoms with Crippen LogP contribution in [0.4, 0.5) is 0 Å². The predicted octanol–water partition coefficient (Wildman–Crippen LogP) is 5.79. The zero-order chi connectivity index (χ0) is 14.1. The summed E-state index contributed by atoms with van der Waals surface area (Å²) in [6.07, 6.45) is 11.2. The zero-order valence-corrected chi connectivity index (χ0v) is 14.2. The van der Waals surface area contributed by atoms with E-state index in [1.54, 1.807) is 10.9 Å². The van der Waals surface area contributed by atoms with Gasteiger partial charge in [-0.1, -0.05) is 65.7 Å². The maximum Gasteiger partial charge on any atom is -0.0209 e. The summed E-state index contributed by atoms with van der Waals surface area (Å²) in [7, 11) is 0.0840. The Morgan fingerprint density at radius 1 is 0.842 bits per heavy atom. The van der Waals surface area contributed by atoms with Crippen molar-refractivity contribution < 1.29 is 0 Å². The van der Waals surface area contributed by atoms with E-state index in [1.807, 2.05) is 0 Å². The van der Waals surface area contributed by atoms with Crippen molar-refractivity contribution in [1.29, 1.82) is 0 Å². The molecule has 0 saturated heterocycles. The molecule has 0 N–H and O–H groups in total. The van der Waals surface area contributed by atoms with Gasteiger partial charge in [0.15, 0.2) is 0 Å². The van der Waals surface area contributed by atoms with Gasteiger partial charge in [0.2, 0.25) is 0 Å². The van der Waals surface area contributed by atoms with Crippen molar-refractivity contribution in [2.75, 3.05) is 12.3 Å². The quantitative estimate of drug-likeness (QED) is 0.396. The van der Waals surface area contributed by atoms with Crippen LogP contribution in [0.1, 0.15) is 63.5 Å². The highest BCUT2D eigenvalue weighted by Gasteiger charge is 2.13. The van der Waals surface area contributed by atoms with Crippen LogP contribution in [0.3, 0.4) is 0 Å². The Morgan fingerprint density at radius 2 is 1.42 bits per heavy atom. The van der Waals surface area contributed by atoms with E-state index in [1.165, 1.54) is 56.4 Å². The van der Waals surface area contributed by atoms with Crippen LogP contribution in [-0.4, -0.2) is 12.3 Å². The van der Waals surface area contributed by atoms with Crippen LogP contribution < -0.4 is 5.30 Å². The largest absolute Gasteiger partial charge is 0.0750 e. The van der Waals surface area contributed by atoms with Gasteiger partial charge in [0.05, 0.1) is 0 Å². The van der Waals surface area contributed by atoms with Crippen LogP contribution >= 0.6 is 7.92 Å². The Balaban J connectivity index is 2.72. The highest BCUT2D eigenvalue weighted by molar-refractivity contribution is 7.65. The minimum atomic E-state index is 0.0840. The Bertz CT molecular complexity index is 347. The highest BCUT2D eigenvalue weighted by atomic mass is 31.1. The number of benzene rings is 1. The predicted molar refractivity (Wildman–Crippen MR) is 91.3 cm³/mol. The van der Waals surface area contributed by atoms with Crippen LogP contribution in [-0.2, 0) is 0 Å². The summed E-state index contributed by atoms with van der Waals surface area (Å²) in [6.45, 7) is 9.18. The molecular formula is C18H31P. The van der Waals surface area contributed by atoms with Crippen LogP contribution in [0.2, 0.25) is 0 Å². The molecule has 0 saturated carbocycles. The first kappa shape index (κ1) is 16.7. The Labute approximate surface area is 121 Å². The lowest BCUT2D eigenvalue weighted by Crippen LogP contribution is -2.11. The molecule has 0 aliphatic rings. The molecule has 19 heavy (non-hydrogen) atoms. The summed E-state index contributed by atoms with van der Waals surface area (Å²) in [5.74, 6) is 0. The van der Waals surface area contributed by atoms with Crippen LogP contribution in [0.5, 0.6) is 0 Å². The molecule has 1 aromatic rings. The molecule has 0 heterocycles. The summed E-state index contributed by atoms with van der Waals surface area (Å²) >= 11 is 0. The lowest BCUT2D eigenvalue weighted by Gasteiger charge is -2.21. The maximum absolute atomic E-state index is 2.39. The van der Waals surface area contributed by atoms with E-state index >= 15 is 0 Å². The van der Waals surface area contributed by atoms with Gasteiger partial charge in [0, 0.05) is 0 Å². The molecule has 0 unspecified atom stereocenters. The molecule has 0 bridgehead atoms. The summed E-state index contributed by atoms with van der Waals surface area (Å²) in [5, 5.41) is 1.68. The van der Waals surface area contributed by atoms with Gasteiger partial charge in [-0.2, -0.15) is 0 Å². The van der Waals surface area contributed by atoms with Gasteiger partial charge < -0.3 is 0 Å². The fourth-order valence-electron chi connectivity index (χ4n) is 2.54. The zero-order valence-electron chi connectivity index (χ0n) is 13.3. The first-order valence-electron chi connectivity index (χ1n) is 8.01. The summed E-state index contributed by atoms with van der Waals surface area (Å²) in [5.41, 5.74) is 3.03. The molecule has 0 amide bonds. The average molecular weight is 278 g/mol. The van der Waals surface area contributed by atoms with Crippen molar-refractivity contribution in [1.82, 2.24) is 0 Å². The summed E-state index contributed by atoms with van der Waals surface area (Å²) < 4.78 is 0. The van der Waals surface area contributed by atoms with Crippen molar-refractivity contribution in [3.8, 4) is 0 Å². The van der Waals surface area contributed by atoms with Crippen molar-refractivity contribution in [3.05, 3.63) is 29.3 Å². The highest BCUT2D eigenvalue weighted by Crippen LogP contribution is 2.38. The third-order valence-corrected chi connectivity index (χ3v) is 6.86. The molecule has 0 fully saturated rings. The minimum Gasteiger partial charge on any atom is -0.0750 e. The SMILES string of the molecule is CCCCCP(CCCCC)c1cccc(C)c1C. The van der Waals surface area contributed by atoms with Crippen LogP contribution in [0, 0.1) is 13.8 Å². The van der Waals surface area contributed by atoms with Gasteiger partial charge in [-0.25, -0.2) is 0 Å². The third-order valence-electron chi connectivity index (χ3n) is 3.98. The standard InChI is InChI=1S/C18H31P/c1-5-7-9-14-19(15-10-8-6-2)18-13-11-12-16(3)17(18)4/h11-13H,5-10,14-15H2,1-4H3. The van der Waals surface area contributed by atoms with E-state index in [0.717, 1.165) is 0 Å². The minimum absolute atomic E-state index is 0.0840. The molecule has 108 valence electrons. The maximum atomic E-state index is 2.39. The Hall–Kier alpha value is -0.350. The Morgan fingerprint density at radius 3 is 1.95 bits per heavy atom. The van der Waals surface area contributed by atoms with Crippen molar-refractivity contribution in [3.63, 3.8) is 0 Å². The first-order chi connectivity index (χ1) is 9.20. The van der Waals surface area contributed by atoms with Crippen molar-refractivity contribution in [2.45, 2.75) is 66.2 Å². The van der Waals surface area contributed by atoms with Gasteiger partial charge in [-0.3, -0.25) is 0 Å². The van der Waals surface area contributed by atoms with E-state index in [9.17, 15) is 0 Å². The average Bonchev–Trinajstić information content (AvgIpc) is 2.41. The monoisotopic (exact) mass is 278 g/mol. The van der Waals surface area contributed by atoms with E-state index in [0.29, 0.717) is 0 Å². The third kappa shape index (κ3) is 5.65. The van der Waals surface area contributed by atoms with E-state index < -0.39 is 0 Å². The molecular weight excluding hydrogens is 247 g/mol. The number of hydrogen-bond donors (Lipinski definition) is 0. The molecule has 1 rings (SSSR count). The van der Waals surface area contributed by atoms with Gasteiger partial charge in [0.1, 0.15) is 0 Å². The molecule has 0 radical (unpaired) electrons. The molecule has 1 heteroatoms. The van der Waals surface area contributed by atoms with Gasteiger partial charge in [-0.15, -0.1) is 0 Å². The molecule has 0 aromatic heterocycles. The van der Waals surface area contributed by atoms with E-state index in [4.69, 9.17) is 0 Å². The molecule has 0 spiro atoms. The van der Waals surface area contributed by atoms with Crippen LogP contribution in [0.25, 0.3) is 0 Å². The molecule has 0 aliphatic carbocycles. The first-order valence-corrected chi connectivity index (χ1v) is 9.73. The fourth-order valence-corrected chi connectivity index (χ4v) is 5.40. The van der Waals surface area contributed by atoms with E-state index in [2.05, 4.69) is 45.9 Å². The fraction of sp³-hybridized carbons (Fsp3) is 0.667. The van der Waals surface area contributed by atoms with Gasteiger partial charge in [0.25, 0.3) is 0 Å². The van der Waals surface area contributed by atoms with Crippen LogP contribution in [0.15, 0.2) is 18.2 Å². The number of hydrogen-bond acceptors (Lipinski definition) is 0. The van der Waals surface area contributed by atoms with Gasteiger partial charge >= 0.3 is 0 Å². The molecule has 0 atom stereocenters.